The third-order valence-electron chi connectivity index (χ3n) is 2.78. The zero-order valence-electron chi connectivity index (χ0n) is 10.5. The fraction of sp³-hybridized carbons (Fsp3) is 0.200. The number of phenolic OH excluding ortho intramolecular Hbond substituents is 1. The van der Waals surface area contributed by atoms with Crippen LogP contribution in [-0.4, -0.2) is 12.2 Å². The number of methoxy groups -OCH3 is 1. The largest absolute Gasteiger partial charge is 0.507 e. The second-order valence-corrected chi connectivity index (χ2v) is 4.04. The summed E-state index contributed by atoms with van der Waals surface area (Å²) < 4.78 is 10.8. The number of benzene rings is 2. The average Bonchev–Trinajstić information content (AvgIpc) is 2.41. The van der Waals surface area contributed by atoms with Crippen molar-refractivity contribution < 1.29 is 14.6 Å². The Hall–Kier alpha value is -2.16. The molecule has 0 aliphatic rings. The van der Waals surface area contributed by atoms with Crippen molar-refractivity contribution in [1.29, 1.82) is 0 Å². The Morgan fingerprint density at radius 1 is 1.11 bits per heavy atom. The Balaban J connectivity index is 2.16. The SMILES string of the molecule is COc1cc(O)c(C)c(OCc2ccccc2)c1. The molecule has 0 fully saturated rings. The number of ether oxygens (including phenoxy) is 2. The maximum atomic E-state index is 9.75. The van der Waals surface area contributed by atoms with Gasteiger partial charge in [0.25, 0.3) is 0 Å². The van der Waals surface area contributed by atoms with Crippen LogP contribution in [-0.2, 0) is 6.61 Å². The van der Waals surface area contributed by atoms with Crippen LogP contribution in [0, 0.1) is 6.92 Å². The summed E-state index contributed by atoms with van der Waals surface area (Å²) in [4.78, 5) is 0. The van der Waals surface area contributed by atoms with E-state index in [1.807, 2.05) is 37.3 Å². The standard InChI is InChI=1S/C15H16O3/c1-11-14(16)8-13(17-2)9-15(11)18-10-12-6-4-3-5-7-12/h3-9,16H,10H2,1-2H3. The first-order valence-corrected chi connectivity index (χ1v) is 5.75. The molecule has 2 rings (SSSR count). The first-order valence-electron chi connectivity index (χ1n) is 5.75. The van der Waals surface area contributed by atoms with Gasteiger partial charge in [-0.1, -0.05) is 30.3 Å². The smallest absolute Gasteiger partial charge is 0.130 e. The predicted molar refractivity (Wildman–Crippen MR) is 70.2 cm³/mol. The molecule has 18 heavy (non-hydrogen) atoms. The maximum absolute atomic E-state index is 9.75. The minimum atomic E-state index is 0.178. The highest BCUT2D eigenvalue weighted by molar-refractivity contribution is 5.49. The molecule has 0 aliphatic carbocycles. The molecule has 2 aromatic rings. The van der Waals surface area contributed by atoms with Gasteiger partial charge in [-0.25, -0.2) is 0 Å². The fourth-order valence-electron chi connectivity index (χ4n) is 1.65. The second-order valence-electron chi connectivity index (χ2n) is 4.04. The normalized spacial score (nSPS) is 10.1. The van der Waals surface area contributed by atoms with Crippen LogP contribution < -0.4 is 9.47 Å². The van der Waals surface area contributed by atoms with Gasteiger partial charge in [0.05, 0.1) is 7.11 Å². The molecular formula is C15H16O3. The zero-order chi connectivity index (χ0) is 13.0. The molecule has 0 saturated carbocycles. The van der Waals surface area contributed by atoms with Crippen LogP contribution in [0.15, 0.2) is 42.5 Å². The van der Waals surface area contributed by atoms with Crippen LogP contribution >= 0.6 is 0 Å². The number of hydrogen-bond acceptors (Lipinski definition) is 3. The molecule has 3 heteroatoms. The summed E-state index contributed by atoms with van der Waals surface area (Å²) in [6.45, 7) is 2.28. The monoisotopic (exact) mass is 244 g/mol. The Bertz CT molecular complexity index is 521. The second kappa shape index (κ2) is 5.45. The molecule has 2 aromatic carbocycles. The minimum absolute atomic E-state index is 0.178. The molecule has 0 heterocycles. The molecule has 0 spiro atoms. The summed E-state index contributed by atoms with van der Waals surface area (Å²) >= 11 is 0. The van der Waals surface area contributed by atoms with E-state index in [2.05, 4.69) is 0 Å². The van der Waals surface area contributed by atoms with E-state index in [4.69, 9.17) is 9.47 Å². The van der Waals surface area contributed by atoms with E-state index in [9.17, 15) is 5.11 Å². The summed E-state index contributed by atoms with van der Waals surface area (Å²) in [6, 6.07) is 13.2. The molecule has 0 bridgehead atoms. The maximum Gasteiger partial charge on any atom is 0.130 e. The van der Waals surface area contributed by atoms with Gasteiger partial charge in [0.2, 0.25) is 0 Å². The molecule has 0 saturated heterocycles. The summed E-state index contributed by atoms with van der Waals surface area (Å²) in [7, 11) is 1.56. The van der Waals surface area contributed by atoms with Crippen LogP contribution in [0.25, 0.3) is 0 Å². The first-order chi connectivity index (χ1) is 8.70. The van der Waals surface area contributed by atoms with Crippen LogP contribution in [0.1, 0.15) is 11.1 Å². The Labute approximate surface area is 107 Å². The molecule has 3 nitrogen and oxygen atoms in total. The van der Waals surface area contributed by atoms with Crippen LogP contribution in [0.5, 0.6) is 17.2 Å². The Kier molecular flexibility index (Phi) is 3.72. The van der Waals surface area contributed by atoms with Crippen molar-refractivity contribution in [2.45, 2.75) is 13.5 Å². The van der Waals surface area contributed by atoms with Crippen LogP contribution in [0.4, 0.5) is 0 Å². The number of rotatable bonds is 4. The lowest BCUT2D eigenvalue weighted by Gasteiger charge is -2.12. The molecular weight excluding hydrogens is 228 g/mol. The van der Waals surface area contributed by atoms with E-state index < -0.39 is 0 Å². The number of hydrogen-bond donors (Lipinski definition) is 1. The summed E-state index contributed by atoms with van der Waals surface area (Å²) in [5.41, 5.74) is 1.80. The molecule has 0 aliphatic heterocycles. The van der Waals surface area contributed by atoms with Gasteiger partial charge in [0.15, 0.2) is 0 Å². The van der Waals surface area contributed by atoms with Gasteiger partial charge in [-0.05, 0) is 12.5 Å². The molecule has 0 radical (unpaired) electrons. The van der Waals surface area contributed by atoms with Crippen LogP contribution in [0.3, 0.4) is 0 Å². The van der Waals surface area contributed by atoms with E-state index in [0.29, 0.717) is 23.7 Å². The quantitative estimate of drug-likeness (QED) is 0.897. The summed E-state index contributed by atoms with van der Waals surface area (Å²) in [5.74, 6) is 1.40. The lowest BCUT2D eigenvalue weighted by atomic mass is 10.2. The molecule has 0 atom stereocenters. The minimum Gasteiger partial charge on any atom is -0.507 e. The van der Waals surface area contributed by atoms with Gasteiger partial charge in [-0.2, -0.15) is 0 Å². The van der Waals surface area contributed by atoms with Crippen molar-refractivity contribution in [3.8, 4) is 17.2 Å². The Morgan fingerprint density at radius 3 is 2.50 bits per heavy atom. The van der Waals surface area contributed by atoms with Gasteiger partial charge in [0.1, 0.15) is 23.9 Å². The third kappa shape index (κ3) is 2.74. The van der Waals surface area contributed by atoms with Gasteiger partial charge < -0.3 is 14.6 Å². The van der Waals surface area contributed by atoms with E-state index in [1.165, 1.54) is 0 Å². The van der Waals surface area contributed by atoms with E-state index >= 15 is 0 Å². The van der Waals surface area contributed by atoms with Crippen molar-refractivity contribution in [3.63, 3.8) is 0 Å². The summed E-state index contributed by atoms with van der Waals surface area (Å²) in [6.07, 6.45) is 0. The van der Waals surface area contributed by atoms with E-state index in [1.54, 1.807) is 19.2 Å². The number of aromatic hydroxyl groups is 1. The highest BCUT2D eigenvalue weighted by Crippen LogP contribution is 2.32. The average molecular weight is 244 g/mol. The topological polar surface area (TPSA) is 38.7 Å². The zero-order valence-corrected chi connectivity index (χ0v) is 10.5. The molecule has 0 amide bonds. The highest BCUT2D eigenvalue weighted by atomic mass is 16.5. The predicted octanol–water partition coefficient (Wildman–Crippen LogP) is 3.29. The van der Waals surface area contributed by atoms with Crippen LogP contribution in [0.2, 0.25) is 0 Å². The Morgan fingerprint density at radius 2 is 1.83 bits per heavy atom. The van der Waals surface area contributed by atoms with Gasteiger partial charge in [0, 0.05) is 17.7 Å². The molecule has 0 unspecified atom stereocenters. The number of phenols is 1. The summed E-state index contributed by atoms with van der Waals surface area (Å²) in [5, 5.41) is 9.75. The third-order valence-corrected chi connectivity index (χ3v) is 2.78. The van der Waals surface area contributed by atoms with E-state index in [-0.39, 0.29) is 5.75 Å². The fourth-order valence-corrected chi connectivity index (χ4v) is 1.65. The van der Waals surface area contributed by atoms with Crippen molar-refractivity contribution in [2.24, 2.45) is 0 Å². The molecule has 0 aromatic heterocycles. The molecule has 1 N–H and O–H groups in total. The molecule has 94 valence electrons. The van der Waals surface area contributed by atoms with Crippen molar-refractivity contribution >= 4 is 0 Å². The lowest BCUT2D eigenvalue weighted by molar-refractivity contribution is 0.298. The van der Waals surface area contributed by atoms with Crippen molar-refractivity contribution in [3.05, 3.63) is 53.6 Å². The van der Waals surface area contributed by atoms with E-state index in [0.717, 1.165) is 5.56 Å². The highest BCUT2D eigenvalue weighted by Gasteiger charge is 2.08. The lowest BCUT2D eigenvalue weighted by Crippen LogP contribution is -1.97. The van der Waals surface area contributed by atoms with Gasteiger partial charge >= 0.3 is 0 Å². The van der Waals surface area contributed by atoms with Crippen molar-refractivity contribution in [2.75, 3.05) is 7.11 Å². The first kappa shape index (κ1) is 12.3. The van der Waals surface area contributed by atoms with Crippen molar-refractivity contribution in [1.82, 2.24) is 0 Å². The van der Waals surface area contributed by atoms with Gasteiger partial charge in [-0.15, -0.1) is 0 Å². The van der Waals surface area contributed by atoms with Gasteiger partial charge in [-0.3, -0.25) is 0 Å².